The van der Waals surface area contributed by atoms with Gasteiger partial charge in [-0.2, -0.15) is 13.9 Å². The zero-order valence-corrected chi connectivity index (χ0v) is 38.0. The lowest BCUT2D eigenvalue weighted by molar-refractivity contribution is -0.134. The van der Waals surface area contributed by atoms with Gasteiger partial charge in [-0.25, -0.2) is 13.2 Å². The predicted molar refractivity (Wildman–Crippen MR) is 246 cm³/mol. The van der Waals surface area contributed by atoms with Gasteiger partial charge in [-0.1, -0.05) is 37.5 Å². The van der Waals surface area contributed by atoms with Gasteiger partial charge in [0.15, 0.2) is 5.82 Å². The number of piperidine rings is 2. The first kappa shape index (κ1) is 48.2. The van der Waals surface area contributed by atoms with Crippen molar-refractivity contribution >= 4 is 62.6 Å². The topological polar surface area (TPSA) is 238 Å². The van der Waals surface area contributed by atoms with Gasteiger partial charge >= 0.3 is 11.8 Å². The number of urea groups is 1. The minimum atomic E-state index is -4.85. The fourth-order valence-corrected chi connectivity index (χ4v) is 9.33. The first-order valence-electron chi connectivity index (χ1n) is 22.3. The Kier molecular flexibility index (Phi) is 15.3. The third-order valence-electron chi connectivity index (χ3n) is 12.6. The van der Waals surface area contributed by atoms with Gasteiger partial charge in [-0.15, -0.1) is 0 Å². The zero-order chi connectivity index (χ0) is 47.7. The number of imide groups is 1. The van der Waals surface area contributed by atoms with Crippen LogP contribution in [0.3, 0.4) is 0 Å². The highest BCUT2D eigenvalue weighted by molar-refractivity contribution is 7.93. The number of unbranched alkanes of at least 4 members (excludes halogenated alkanes) is 4. The van der Waals surface area contributed by atoms with E-state index in [9.17, 15) is 41.2 Å². The summed E-state index contributed by atoms with van der Waals surface area (Å²) >= 11 is 0. The Labute approximate surface area is 387 Å². The van der Waals surface area contributed by atoms with Crippen LogP contribution in [0, 0.1) is 5.41 Å². The summed E-state index contributed by atoms with van der Waals surface area (Å²) < 4.78 is 61.8. The van der Waals surface area contributed by atoms with Crippen LogP contribution < -0.4 is 35.5 Å². The van der Waals surface area contributed by atoms with Gasteiger partial charge in [0.25, 0.3) is 21.8 Å². The second-order valence-electron chi connectivity index (χ2n) is 17.0. The maximum atomic E-state index is 13.6. The largest absolute Gasteiger partial charge is 0.495 e. The molecule has 21 heteroatoms. The van der Waals surface area contributed by atoms with Crippen molar-refractivity contribution in [2.75, 3.05) is 61.4 Å². The van der Waals surface area contributed by atoms with Crippen LogP contribution in [0.15, 0.2) is 66.7 Å². The Morgan fingerprint density at radius 2 is 1.55 bits per heavy atom. The van der Waals surface area contributed by atoms with Gasteiger partial charge in [0.05, 0.1) is 25.1 Å². The van der Waals surface area contributed by atoms with Crippen molar-refractivity contribution in [3.05, 3.63) is 77.9 Å². The monoisotopic (exact) mass is 947 g/mol. The normalized spacial score (nSPS) is 16.2. The maximum absolute atomic E-state index is 13.6. The number of sulfonamides is 1. The number of anilines is 4. The number of hydrogen-bond donors (Lipinski definition) is 5. The summed E-state index contributed by atoms with van der Waals surface area (Å²) in [6, 6.07) is 17.0. The number of methoxy groups -OCH3 is 1. The Morgan fingerprint density at radius 1 is 0.866 bits per heavy atom. The minimum absolute atomic E-state index is 0.0398. The molecule has 4 heterocycles. The van der Waals surface area contributed by atoms with E-state index in [1.165, 1.54) is 36.3 Å². The van der Waals surface area contributed by atoms with Crippen LogP contribution in [0.1, 0.15) is 91.3 Å². The molecule has 0 aliphatic carbocycles. The molecule has 4 aromatic rings. The van der Waals surface area contributed by atoms with E-state index in [-0.39, 0.29) is 58.9 Å². The molecule has 0 unspecified atom stereocenters. The molecule has 3 saturated heterocycles. The smallest absolute Gasteiger partial charge is 0.355 e. The predicted octanol–water partition coefficient (Wildman–Crippen LogP) is 6.60. The highest BCUT2D eigenvalue weighted by atomic mass is 32.2. The van der Waals surface area contributed by atoms with Gasteiger partial charge in [0.2, 0.25) is 11.8 Å². The lowest BCUT2D eigenvalue weighted by Gasteiger charge is -2.47. The number of H-pyrrole nitrogens is 1. The molecule has 6 N–H and O–H groups in total. The molecule has 0 radical (unpaired) electrons. The molecule has 3 aliphatic rings. The Morgan fingerprint density at radius 3 is 2.22 bits per heavy atom. The quantitative estimate of drug-likeness (QED) is 0.0628. The number of nitrogens with two attached hydrogens (primary N) is 1. The average molecular weight is 948 g/mol. The van der Waals surface area contributed by atoms with Crippen molar-refractivity contribution in [2.45, 2.75) is 76.4 Å². The molecule has 1 aromatic heterocycles. The van der Waals surface area contributed by atoms with Crippen molar-refractivity contribution in [3.8, 4) is 22.8 Å². The second-order valence-corrected chi connectivity index (χ2v) is 18.7. The van der Waals surface area contributed by atoms with E-state index in [0.717, 1.165) is 70.9 Å². The van der Waals surface area contributed by atoms with Gasteiger partial charge in [-0.3, -0.25) is 39.2 Å². The van der Waals surface area contributed by atoms with Crippen LogP contribution in [0.4, 0.5) is 36.5 Å². The molecule has 0 saturated carbocycles. The van der Waals surface area contributed by atoms with E-state index >= 15 is 0 Å². The molecular weight excluding hydrogens is 893 g/mol. The van der Waals surface area contributed by atoms with E-state index in [0.29, 0.717) is 60.1 Å². The Bertz CT molecular complexity index is 2560. The fourth-order valence-electron chi connectivity index (χ4n) is 8.78. The van der Waals surface area contributed by atoms with Crippen molar-refractivity contribution in [2.24, 2.45) is 11.1 Å². The molecule has 3 aromatic carbocycles. The lowest BCUT2D eigenvalue weighted by atomic mass is 9.71. The number of aromatic amines is 1. The second kappa shape index (κ2) is 21.2. The summed E-state index contributed by atoms with van der Waals surface area (Å²) in [7, 11) is -3.35. The van der Waals surface area contributed by atoms with Crippen molar-refractivity contribution in [1.29, 1.82) is 0 Å². The number of hydrogen-bond acceptors (Lipinski definition) is 11. The standard InChI is InChI=1S/C46H55F2N9O9S/c1-65-36-16-13-31(28-35(36)57-22-17-37(58)51-45(57)62)43(61)56-25-20-46(21-26-56)18-23-55(24-19-46)38(59)10-5-3-2-4-6-27-66-34-9-7-8-33(29-34)50-42-39(41(49)60)40(52-53-42)30-11-14-32(15-12-30)54-67(63,64)44(47)48/h7-9,11-16,28-29,44,54H,2-6,10,17-27H2,1H3,(H2,49,60)(H2,50,52,53)(H,51,58,62). The summed E-state index contributed by atoms with van der Waals surface area (Å²) in [5.41, 5.74) is 7.89. The summed E-state index contributed by atoms with van der Waals surface area (Å²) in [5.74, 6) is -3.46. The van der Waals surface area contributed by atoms with Gasteiger partial charge in [-0.05, 0) is 86.4 Å². The van der Waals surface area contributed by atoms with E-state index in [1.807, 2.05) is 15.9 Å². The Hall–Kier alpha value is -6.77. The number of benzene rings is 3. The number of nitrogens with one attached hydrogen (secondary N) is 4. The molecule has 0 bridgehead atoms. The van der Waals surface area contributed by atoms with E-state index < -0.39 is 27.7 Å². The summed E-state index contributed by atoms with van der Waals surface area (Å²) in [5, 5.41) is 12.4. The number of carbonyl (C=O) groups excluding carboxylic acids is 5. The van der Waals surface area contributed by atoms with Crippen molar-refractivity contribution in [1.82, 2.24) is 25.3 Å². The number of carbonyl (C=O) groups is 5. The fraction of sp³-hybridized carbons (Fsp3) is 0.435. The third kappa shape index (κ3) is 11.8. The molecule has 1 spiro atoms. The molecule has 358 valence electrons. The number of likely N-dealkylation sites (tertiary alicyclic amines) is 2. The van der Waals surface area contributed by atoms with E-state index in [1.54, 1.807) is 41.1 Å². The number of halogens is 2. The average Bonchev–Trinajstić information content (AvgIpc) is 3.74. The number of aromatic nitrogens is 2. The molecular formula is C46H55F2N9O9S. The van der Waals surface area contributed by atoms with E-state index in [2.05, 4.69) is 20.8 Å². The molecule has 18 nitrogen and oxygen atoms in total. The highest BCUT2D eigenvalue weighted by Crippen LogP contribution is 2.42. The number of nitrogens with zero attached hydrogens (tertiary/aromatic N) is 4. The van der Waals surface area contributed by atoms with Crippen LogP contribution in [0.25, 0.3) is 11.3 Å². The summed E-state index contributed by atoms with van der Waals surface area (Å²) in [6.45, 7) is 3.35. The first-order valence-corrected chi connectivity index (χ1v) is 23.8. The zero-order valence-electron chi connectivity index (χ0n) is 37.2. The van der Waals surface area contributed by atoms with Crippen molar-refractivity contribution < 1.29 is 50.6 Å². The maximum Gasteiger partial charge on any atom is 0.355 e. The van der Waals surface area contributed by atoms with Gasteiger partial charge in [0, 0.05) is 74.1 Å². The summed E-state index contributed by atoms with van der Waals surface area (Å²) in [4.78, 5) is 68.7. The SMILES string of the molecule is COc1ccc(C(=O)N2CCC3(CCN(C(=O)CCCCCCCOc4cccc(Nc5n[nH]c(-c6ccc(NS(=O)(=O)C(F)F)cc6)c5C(N)=O)c4)CC3)CC2)cc1N1CCC(=O)NC1=O. The molecule has 67 heavy (non-hydrogen) atoms. The first-order chi connectivity index (χ1) is 32.1. The number of rotatable bonds is 19. The summed E-state index contributed by atoms with van der Waals surface area (Å²) in [6.07, 6.45) is 8.70. The molecule has 6 amide bonds. The van der Waals surface area contributed by atoms with E-state index in [4.69, 9.17) is 15.2 Å². The highest BCUT2D eigenvalue weighted by Gasteiger charge is 2.40. The minimum Gasteiger partial charge on any atom is -0.495 e. The van der Waals surface area contributed by atoms with Gasteiger partial charge < -0.3 is 30.3 Å². The molecule has 3 fully saturated rings. The van der Waals surface area contributed by atoms with Gasteiger partial charge in [0.1, 0.15) is 17.1 Å². The van der Waals surface area contributed by atoms with Crippen molar-refractivity contribution in [3.63, 3.8) is 0 Å². The number of primary amides is 1. The lowest BCUT2D eigenvalue weighted by Crippen LogP contribution is -2.50. The third-order valence-corrected chi connectivity index (χ3v) is 13.6. The molecule has 0 atom stereocenters. The number of alkyl halides is 2. The molecule has 3 aliphatic heterocycles. The van der Waals surface area contributed by atoms with Crippen LogP contribution in [0.5, 0.6) is 11.5 Å². The van der Waals surface area contributed by atoms with Crippen LogP contribution >= 0.6 is 0 Å². The number of ether oxygens (including phenoxy) is 2. The Balaban J connectivity index is 0.783. The van der Waals surface area contributed by atoms with Crippen LogP contribution in [0.2, 0.25) is 0 Å². The van der Waals surface area contributed by atoms with Crippen LogP contribution in [-0.2, 0) is 19.6 Å². The number of amides is 6. The molecule has 7 rings (SSSR count). The van der Waals surface area contributed by atoms with Crippen LogP contribution in [-0.4, -0.2) is 110 Å².